The Morgan fingerprint density at radius 1 is 0.857 bits per heavy atom. The highest BCUT2D eigenvalue weighted by Crippen LogP contribution is 2.35. The molecule has 0 saturated carbocycles. The van der Waals surface area contributed by atoms with E-state index < -0.39 is 0 Å². The van der Waals surface area contributed by atoms with Gasteiger partial charge in [-0.1, -0.05) is 30.3 Å². The molecule has 0 unspecified atom stereocenters. The third kappa shape index (κ3) is 1.27. The smallest absolute Gasteiger partial charge is 0.0457 e. The summed E-state index contributed by atoms with van der Waals surface area (Å²) in [6.45, 7) is 0. The second-order valence-corrected chi connectivity index (χ2v) is 5.16. The molecule has 2 aromatic heterocycles. The summed E-state index contributed by atoms with van der Waals surface area (Å²) in [4.78, 5) is 1.37. The molecule has 0 bridgehead atoms. The highest BCUT2D eigenvalue weighted by Gasteiger charge is 2.03. The van der Waals surface area contributed by atoms with Crippen LogP contribution in [0.3, 0.4) is 0 Å². The van der Waals surface area contributed by atoms with Crippen LogP contribution in [0, 0.1) is 0 Å². The molecule has 0 radical (unpaired) electrons. The average molecular weight is 216 g/mol. The predicted molar refractivity (Wildman–Crippen MR) is 65.1 cm³/mol. The first-order valence-corrected chi connectivity index (χ1v) is 6.15. The summed E-state index contributed by atoms with van der Waals surface area (Å²) in [6.07, 6.45) is 0. The molecule has 2 heteroatoms. The molecule has 0 atom stereocenters. The molecule has 68 valence electrons. The Hall–Kier alpha value is -1.12. The molecule has 0 N–H and O–H groups in total. The number of hydrogen-bond acceptors (Lipinski definition) is 2. The lowest BCUT2D eigenvalue weighted by Gasteiger charge is -1.93. The minimum atomic E-state index is 1.32. The van der Waals surface area contributed by atoms with Crippen LogP contribution < -0.4 is 0 Å². The Bertz CT molecular complexity index is 517. The lowest BCUT2D eigenvalue weighted by molar-refractivity contribution is 1.70. The fourth-order valence-electron chi connectivity index (χ4n) is 1.51. The van der Waals surface area contributed by atoms with Crippen molar-refractivity contribution in [2.45, 2.75) is 0 Å². The first kappa shape index (κ1) is 8.21. The predicted octanol–water partition coefficient (Wildman–Crippen LogP) is 4.63. The topological polar surface area (TPSA) is 0 Å². The van der Waals surface area contributed by atoms with Crippen LogP contribution in [-0.2, 0) is 0 Å². The molecule has 0 spiro atoms. The minimum absolute atomic E-state index is 1.32. The summed E-state index contributed by atoms with van der Waals surface area (Å²) < 4.78 is 2.79. The Kier molecular flexibility index (Phi) is 1.89. The van der Waals surface area contributed by atoms with Crippen LogP contribution in [0.2, 0.25) is 0 Å². The summed E-state index contributed by atoms with van der Waals surface area (Å²) in [6, 6.07) is 15.0. The Balaban J connectivity index is 2.19. The molecule has 0 fully saturated rings. The van der Waals surface area contributed by atoms with Crippen LogP contribution in [0.4, 0.5) is 0 Å². The van der Waals surface area contributed by atoms with E-state index in [4.69, 9.17) is 0 Å². The molecule has 3 aromatic rings. The van der Waals surface area contributed by atoms with Crippen molar-refractivity contribution in [1.29, 1.82) is 0 Å². The number of fused-ring (bicyclic) bond motifs is 1. The minimum Gasteiger partial charge on any atom is -0.143 e. The molecule has 3 rings (SSSR count). The van der Waals surface area contributed by atoms with Gasteiger partial charge in [0.2, 0.25) is 0 Å². The lowest BCUT2D eigenvalue weighted by Crippen LogP contribution is -1.67. The van der Waals surface area contributed by atoms with E-state index in [-0.39, 0.29) is 0 Å². The van der Waals surface area contributed by atoms with Crippen LogP contribution >= 0.6 is 22.7 Å². The van der Waals surface area contributed by atoms with E-state index >= 15 is 0 Å². The van der Waals surface area contributed by atoms with Gasteiger partial charge in [0.25, 0.3) is 0 Å². The lowest BCUT2D eigenvalue weighted by atomic mass is 10.2. The van der Waals surface area contributed by atoms with Gasteiger partial charge in [0.15, 0.2) is 0 Å². The SMILES string of the molecule is c1ccc(-c2cc3sccc3s2)cc1. The van der Waals surface area contributed by atoms with E-state index in [1.807, 2.05) is 22.7 Å². The first-order chi connectivity index (χ1) is 6.93. The van der Waals surface area contributed by atoms with Crippen molar-refractivity contribution in [3.8, 4) is 10.4 Å². The van der Waals surface area contributed by atoms with Crippen molar-refractivity contribution in [3.63, 3.8) is 0 Å². The van der Waals surface area contributed by atoms with E-state index in [0.717, 1.165) is 0 Å². The molecular formula is C12H8S2. The number of hydrogen-bond donors (Lipinski definition) is 0. The first-order valence-electron chi connectivity index (χ1n) is 4.46. The average Bonchev–Trinajstić information content (AvgIpc) is 2.78. The van der Waals surface area contributed by atoms with E-state index in [1.54, 1.807) is 0 Å². The van der Waals surface area contributed by atoms with Gasteiger partial charge >= 0.3 is 0 Å². The van der Waals surface area contributed by atoms with Crippen molar-refractivity contribution < 1.29 is 0 Å². The van der Waals surface area contributed by atoms with Gasteiger partial charge in [0.05, 0.1) is 0 Å². The third-order valence-corrected chi connectivity index (χ3v) is 4.34. The second kappa shape index (κ2) is 3.23. The second-order valence-electron chi connectivity index (χ2n) is 3.13. The maximum atomic E-state index is 2.28. The monoisotopic (exact) mass is 216 g/mol. The quantitative estimate of drug-likeness (QED) is 0.556. The van der Waals surface area contributed by atoms with E-state index in [9.17, 15) is 0 Å². The van der Waals surface area contributed by atoms with Gasteiger partial charge in [-0.2, -0.15) is 0 Å². The fraction of sp³-hybridized carbons (Fsp3) is 0. The van der Waals surface area contributed by atoms with Crippen LogP contribution in [0.25, 0.3) is 19.8 Å². The van der Waals surface area contributed by atoms with E-state index in [1.165, 1.54) is 19.8 Å². The molecule has 2 heterocycles. The van der Waals surface area contributed by atoms with Gasteiger partial charge < -0.3 is 0 Å². The summed E-state index contributed by atoms with van der Waals surface area (Å²) in [5.41, 5.74) is 1.32. The van der Waals surface area contributed by atoms with Crippen LogP contribution in [0.5, 0.6) is 0 Å². The molecule has 0 saturated heterocycles. The van der Waals surface area contributed by atoms with Gasteiger partial charge in [-0.25, -0.2) is 0 Å². The molecule has 0 aliphatic rings. The van der Waals surface area contributed by atoms with Gasteiger partial charge in [-0.3, -0.25) is 0 Å². The zero-order valence-electron chi connectivity index (χ0n) is 7.44. The highest BCUT2D eigenvalue weighted by atomic mass is 32.1. The normalized spacial score (nSPS) is 10.9. The van der Waals surface area contributed by atoms with Crippen molar-refractivity contribution >= 4 is 32.1 Å². The maximum Gasteiger partial charge on any atom is 0.0457 e. The summed E-state index contributed by atoms with van der Waals surface area (Å²) in [5.74, 6) is 0. The van der Waals surface area contributed by atoms with Crippen molar-refractivity contribution in [3.05, 3.63) is 47.8 Å². The summed E-state index contributed by atoms with van der Waals surface area (Å²) in [5, 5.41) is 2.15. The van der Waals surface area contributed by atoms with Crippen LogP contribution in [0.15, 0.2) is 47.8 Å². The van der Waals surface area contributed by atoms with E-state index in [0.29, 0.717) is 0 Å². The highest BCUT2D eigenvalue weighted by molar-refractivity contribution is 7.28. The Labute approximate surface area is 90.5 Å². The number of thiophene rings is 2. The zero-order valence-corrected chi connectivity index (χ0v) is 9.07. The summed E-state index contributed by atoms with van der Waals surface area (Å²) >= 11 is 3.68. The van der Waals surface area contributed by atoms with Crippen LogP contribution in [0.1, 0.15) is 0 Å². The van der Waals surface area contributed by atoms with Crippen LogP contribution in [-0.4, -0.2) is 0 Å². The fourth-order valence-corrected chi connectivity index (χ4v) is 3.62. The Morgan fingerprint density at radius 3 is 2.50 bits per heavy atom. The zero-order chi connectivity index (χ0) is 9.38. The maximum absolute atomic E-state index is 2.28. The van der Waals surface area contributed by atoms with Crippen molar-refractivity contribution in [2.75, 3.05) is 0 Å². The molecule has 0 nitrogen and oxygen atoms in total. The van der Waals surface area contributed by atoms with Gasteiger partial charge in [0.1, 0.15) is 0 Å². The third-order valence-electron chi connectivity index (χ3n) is 2.20. The molecule has 0 aliphatic carbocycles. The largest absolute Gasteiger partial charge is 0.143 e. The summed E-state index contributed by atoms with van der Waals surface area (Å²) in [7, 11) is 0. The van der Waals surface area contributed by atoms with Crippen molar-refractivity contribution in [1.82, 2.24) is 0 Å². The Morgan fingerprint density at radius 2 is 1.71 bits per heavy atom. The molecule has 0 aliphatic heterocycles. The van der Waals surface area contributed by atoms with Gasteiger partial charge in [-0.15, -0.1) is 22.7 Å². The van der Waals surface area contributed by atoms with E-state index in [2.05, 4.69) is 47.8 Å². The standard InChI is InChI=1S/C12H8S2/c1-2-4-9(5-3-1)11-8-12-10(14-11)6-7-13-12/h1-8H. The molecule has 0 amide bonds. The number of benzene rings is 1. The molecule has 1 aromatic carbocycles. The molecular weight excluding hydrogens is 208 g/mol. The van der Waals surface area contributed by atoms with Gasteiger partial charge in [-0.05, 0) is 23.1 Å². The van der Waals surface area contributed by atoms with Crippen molar-refractivity contribution in [2.24, 2.45) is 0 Å². The molecule has 14 heavy (non-hydrogen) atoms. The number of rotatable bonds is 1. The van der Waals surface area contributed by atoms with Gasteiger partial charge in [0, 0.05) is 14.3 Å².